The number of likely N-dealkylation sites (N-methyl/N-ethyl adjacent to an activating group) is 1. The molecule has 2 aromatic heterocycles. The zero-order valence-corrected chi connectivity index (χ0v) is 14.2. The Morgan fingerprint density at radius 3 is 2.58 bits per heavy atom. The Hall–Kier alpha value is -2.89. The lowest BCUT2D eigenvalue weighted by molar-refractivity contribution is 0.904. The van der Waals surface area contributed by atoms with Gasteiger partial charge in [0.25, 0.3) is 0 Å². The molecule has 0 saturated heterocycles. The van der Waals surface area contributed by atoms with Crippen molar-refractivity contribution in [2.24, 2.45) is 0 Å². The fraction of sp³-hybridized carbons (Fsp3) is 0.278. The van der Waals surface area contributed by atoms with E-state index in [-0.39, 0.29) is 0 Å². The van der Waals surface area contributed by atoms with Crippen molar-refractivity contribution in [3.8, 4) is 0 Å². The van der Waals surface area contributed by atoms with Crippen LogP contribution < -0.4 is 16.0 Å². The van der Waals surface area contributed by atoms with Crippen molar-refractivity contribution in [1.82, 2.24) is 15.0 Å². The van der Waals surface area contributed by atoms with Gasteiger partial charge in [-0.3, -0.25) is 0 Å². The van der Waals surface area contributed by atoms with Gasteiger partial charge in [-0.15, -0.1) is 0 Å². The van der Waals surface area contributed by atoms with Crippen LogP contribution in [0.1, 0.15) is 11.3 Å². The molecule has 0 spiro atoms. The third-order valence-corrected chi connectivity index (χ3v) is 3.95. The van der Waals surface area contributed by atoms with Gasteiger partial charge in [-0.2, -0.15) is 9.97 Å². The summed E-state index contributed by atoms with van der Waals surface area (Å²) in [4.78, 5) is 15.5. The normalized spacial score (nSPS) is 10.8. The lowest BCUT2D eigenvalue weighted by Gasteiger charge is -2.19. The monoisotopic (exact) mass is 322 g/mol. The molecule has 0 saturated carbocycles. The summed E-state index contributed by atoms with van der Waals surface area (Å²) in [5.41, 5.74) is 9.87. The van der Waals surface area contributed by atoms with E-state index < -0.39 is 0 Å². The van der Waals surface area contributed by atoms with Crippen LogP contribution in [0, 0.1) is 13.8 Å². The van der Waals surface area contributed by atoms with E-state index in [0.717, 1.165) is 23.2 Å². The average Bonchev–Trinajstić information content (AvgIpc) is 2.54. The molecule has 0 bridgehead atoms. The molecular weight excluding hydrogens is 300 g/mol. The second kappa shape index (κ2) is 6.70. The Bertz CT molecular complexity index is 847. The standard InChI is InChI=1S/C18H22N6/c1-12-11-13(2)21-17-15(12)16(19)22-18(23-17)20-9-10-24(3)14-7-5-4-6-8-14/h4-8,11H,9-10H2,1-3H3,(H3,19,20,21,22,23). The number of pyridine rings is 1. The maximum Gasteiger partial charge on any atom is 0.226 e. The molecule has 6 nitrogen and oxygen atoms in total. The molecule has 0 fully saturated rings. The van der Waals surface area contributed by atoms with E-state index in [4.69, 9.17) is 5.73 Å². The molecule has 2 heterocycles. The largest absolute Gasteiger partial charge is 0.383 e. The van der Waals surface area contributed by atoms with Crippen LogP contribution in [0.25, 0.3) is 11.0 Å². The van der Waals surface area contributed by atoms with E-state index >= 15 is 0 Å². The SMILES string of the molecule is Cc1cc(C)c2c(N)nc(NCCN(C)c3ccccc3)nc2n1. The molecular formula is C18H22N6. The number of aromatic nitrogens is 3. The van der Waals surface area contributed by atoms with Gasteiger partial charge in [0.15, 0.2) is 5.65 Å². The molecule has 1 aromatic carbocycles. The highest BCUT2D eigenvalue weighted by molar-refractivity contribution is 5.89. The summed E-state index contributed by atoms with van der Waals surface area (Å²) in [7, 11) is 2.06. The summed E-state index contributed by atoms with van der Waals surface area (Å²) in [5, 5.41) is 4.06. The minimum atomic E-state index is 0.462. The minimum absolute atomic E-state index is 0.462. The number of nitrogen functional groups attached to an aromatic ring is 1. The predicted octanol–water partition coefficient (Wildman–Crippen LogP) is 2.77. The number of nitrogens with one attached hydrogen (secondary N) is 1. The molecule has 0 aliphatic carbocycles. The lowest BCUT2D eigenvalue weighted by Crippen LogP contribution is -2.25. The zero-order valence-electron chi connectivity index (χ0n) is 14.2. The summed E-state index contributed by atoms with van der Waals surface area (Å²) >= 11 is 0. The van der Waals surface area contributed by atoms with Gasteiger partial charge in [-0.1, -0.05) is 18.2 Å². The number of nitrogens with zero attached hydrogens (tertiary/aromatic N) is 4. The van der Waals surface area contributed by atoms with Crippen LogP contribution in [0.2, 0.25) is 0 Å². The molecule has 0 aliphatic heterocycles. The minimum Gasteiger partial charge on any atom is -0.383 e. The van der Waals surface area contributed by atoms with Crippen molar-refractivity contribution >= 4 is 28.5 Å². The average molecular weight is 322 g/mol. The Kier molecular flexibility index (Phi) is 4.46. The highest BCUT2D eigenvalue weighted by atomic mass is 15.2. The van der Waals surface area contributed by atoms with Crippen LogP contribution in [0.5, 0.6) is 0 Å². The molecule has 24 heavy (non-hydrogen) atoms. The van der Waals surface area contributed by atoms with Crippen LogP contribution in [-0.2, 0) is 0 Å². The Labute approximate surface area is 141 Å². The molecule has 6 heteroatoms. The number of para-hydroxylation sites is 1. The molecule has 0 amide bonds. The first-order valence-electron chi connectivity index (χ1n) is 7.96. The predicted molar refractivity (Wildman–Crippen MR) is 99.4 cm³/mol. The van der Waals surface area contributed by atoms with E-state index in [9.17, 15) is 0 Å². The second-order valence-electron chi connectivity index (χ2n) is 5.90. The second-order valence-corrected chi connectivity index (χ2v) is 5.90. The molecule has 0 atom stereocenters. The van der Waals surface area contributed by atoms with Crippen molar-refractivity contribution < 1.29 is 0 Å². The summed E-state index contributed by atoms with van der Waals surface area (Å²) in [5.74, 6) is 0.975. The molecule has 0 aliphatic rings. The van der Waals surface area contributed by atoms with Gasteiger partial charge in [0.2, 0.25) is 5.95 Å². The van der Waals surface area contributed by atoms with Gasteiger partial charge in [0.1, 0.15) is 5.82 Å². The molecule has 0 unspecified atom stereocenters. The van der Waals surface area contributed by atoms with Gasteiger partial charge in [0, 0.05) is 31.5 Å². The Balaban J connectivity index is 1.72. The summed E-state index contributed by atoms with van der Waals surface area (Å²) in [6.45, 7) is 5.48. The van der Waals surface area contributed by atoms with Crippen molar-refractivity contribution in [2.45, 2.75) is 13.8 Å². The topological polar surface area (TPSA) is 80.0 Å². The van der Waals surface area contributed by atoms with Crippen LogP contribution >= 0.6 is 0 Å². The first kappa shape index (κ1) is 16.0. The van der Waals surface area contributed by atoms with Crippen molar-refractivity contribution in [3.63, 3.8) is 0 Å². The fourth-order valence-electron chi connectivity index (χ4n) is 2.74. The number of benzene rings is 1. The fourth-order valence-corrected chi connectivity index (χ4v) is 2.74. The van der Waals surface area contributed by atoms with E-state index in [1.165, 1.54) is 5.69 Å². The van der Waals surface area contributed by atoms with Gasteiger partial charge in [-0.25, -0.2) is 4.98 Å². The Morgan fingerprint density at radius 2 is 1.83 bits per heavy atom. The third-order valence-electron chi connectivity index (χ3n) is 3.95. The summed E-state index contributed by atoms with van der Waals surface area (Å²) in [6, 6.07) is 12.2. The maximum absolute atomic E-state index is 6.09. The number of nitrogens with two attached hydrogens (primary N) is 1. The van der Waals surface area contributed by atoms with E-state index in [1.54, 1.807) is 0 Å². The van der Waals surface area contributed by atoms with Crippen molar-refractivity contribution in [1.29, 1.82) is 0 Å². The molecule has 0 radical (unpaired) electrons. The highest BCUT2D eigenvalue weighted by Crippen LogP contribution is 2.22. The Morgan fingerprint density at radius 1 is 1.08 bits per heavy atom. The molecule has 3 N–H and O–H groups in total. The van der Waals surface area contributed by atoms with Crippen LogP contribution in [0.3, 0.4) is 0 Å². The van der Waals surface area contributed by atoms with Crippen LogP contribution in [0.15, 0.2) is 36.4 Å². The number of hydrogen-bond acceptors (Lipinski definition) is 6. The molecule has 3 rings (SSSR count). The quantitative estimate of drug-likeness (QED) is 0.752. The maximum atomic E-state index is 6.09. The number of fused-ring (bicyclic) bond motifs is 1. The van der Waals surface area contributed by atoms with Crippen LogP contribution in [0.4, 0.5) is 17.5 Å². The number of aryl methyl sites for hydroxylation is 2. The third kappa shape index (κ3) is 3.37. The summed E-state index contributed by atoms with van der Waals surface area (Å²) < 4.78 is 0. The van der Waals surface area contributed by atoms with E-state index in [0.29, 0.717) is 24.0 Å². The van der Waals surface area contributed by atoms with Gasteiger partial charge in [-0.05, 0) is 37.6 Å². The smallest absolute Gasteiger partial charge is 0.226 e. The van der Waals surface area contributed by atoms with Gasteiger partial charge < -0.3 is 16.0 Å². The lowest BCUT2D eigenvalue weighted by atomic mass is 10.1. The summed E-state index contributed by atoms with van der Waals surface area (Å²) in [6.07, 6.45) is 0. The number of hydrogen-bond donors (Lipinski definition) is 2. The van der Waals surface area contributed by atoms with Gasteiger partial charge >= 0.3 is 0 Å². The van der Waals surface area contributed by atoms with Crippen molar-refractivity contribution in [3.05, 3.63) is 47.7 Å². The first-order chi connectivity index (χ1) is 11.5. The molecule has 124 valence electrons. The first-order valence-corrected chi connectivity index (χ1v) is 7.96. The number of anilines is 3. The van der Waals surface area contributed by atoms with Crippen molar-refractivity contribution in [2.75, 3.05) is 36.1 Å². The van der Waals surface area contributed by atoms with E-state index in [1.807, 2.05) is 38.1 Å². The van der Waals surface area contributed by atoms with E-state index in [2.05, 4.69) is 44.3 Å². The van der Waals surface area contributed by atoms with Crippen LogP contribution in [-0.4, -0.2) is 35.1 Å². The number of rotatable bonds is 5. The molecule has 3 aromatic rings. The zero-order chi connectivity index (χ0) is 17.1. The van der Waals surface area contributed by atoms with Gasteiger partial charge in [0.05, 0.1) is 5.39 Å². The highest BCUT2D eigenvalue weighted by Gasteiger charge is 2.10.